The van der Waals surface area contributed by atoms with Crippen molar-refractivity contribution in [3.8, 4) is 11.5 Å². The van der Waals surface area contributed by atoms with Gasteiger partial charge >= 0.3 is 0 Å². The van der Waals surface area contributed by atoms with Gasteiger partial charge in [0.25, 0.3) is 11.8 Å². The van der Waals surface area contributed by atoms with Crippen LogP contribution < -0.4 is 15.0 Å². The second-order valence-corrected chi connectivity index (χ2v) is 6.49. The van der Waals surface area contributed by atoms with Crippen molar-refractivity contribution in [2.45, 2.75) is 13.8 Å². The number of aromatic hydroxyl groups is 1. The third-order valence-corrected chi connectivity index (χ3v) is 4.72. The van der Waals surface area contributed by atoms with E-state index in [0.29, 0.717) is 11.3 Å². The third kappa shape index (κ3) is 3.41. The van der Waals surface area contributed by atoms with E-state index < -0.39 is 11.8 Å². The molecule has 6 nitrogen and oxygen atoms in total. The molecule has 1 saturated heterocycles. The van der Waals surface area contributed by atoms with Crippen molar-refractivity contribution in [3.05, 3.63) is 58.7 Å². The first-order chi connectivity index (χ1) is 12.8. The highest BCUT2D eigenvalue weighted by molar-refractivity contribution is 7.80. The number of carbonyl (C=O) groups excluding carboxylic acids is 2. The van der Waals surface area contributed by atoms with Gasteiger partial charge in [-0.2, -0.15) is 0 Å². The second kappa shape index (κ2) is 7.20. The fraction of sp³-hybridized carbons (Fsp3) is 0.150. The van der Waals surface area contributed by atoms with Gasteiger partial charge < -0.3 is 9.84 Å². The van der Waals surface area contributed by atoms with Crippen molar-refractivity contribution in [1.82, 2.24) is 5.32 Å². The molecule has 0 aromatic heterocycles. The first kappa shape index (κ1) is 18.6. The summed E-state index contributed by atoms with van der Waals surface area (Å²) in [5.74, 6) is -0.865. The molecule has 27 heavy (non-hydrogen) atoms. The molecule has 0 bridgehead atoms. The van der Waals surface area contributed by atoms with Crippen LogP contribution in [0.1, 0.15) is 16.7 Å². The van der Waals surface area contributed by atoms with Crippen LogP contribution in [0.2, 0.25) is 0 Å². The molecule has 2 amide bonds. The average molecular weight is 382 g/mol. The Hall–Kier alpha value is -3.19. The van der Waals surface area contributed by atoms with E-state index in [1.54, 1.807) is 12.1 Å². The Morgan fingerprint density at radius 2 is 1.93 bits per heavy atom. The van der Waals surface area contributed by atoms with Gasteiger partial charge in [0, 0.05) is 0 Å². The molecule has 1 fully saturated rings. The number of nitrogens with one attached hydrogen (secondary N) is 1. The zero-order chi connectivity index (χ0) is 19.7. The number of phenolic OH excluding ortho intramolecular Hbond substituents is 1. The summed E-state index contributed by atoms with van der Waals surface area (Å²) in [7, 11) is 1.42. The van der Waals surface area contributed by atoms with E-state index in [2.05, 4.69) is 5.32 Å². The number of carbonyl (C=O) groups is 2. The Morgan fingerprint density at radius 1 is 1.19 bits per heavy atom. The molecule has 1 heterocycles. The molecular formula is C20H18N2O4S. The monoisotopic (exact) mass is 382 g/mol. The molecule has 0 spiro atoms. The molecule has 0 saturated carbocycles. The molecule has 3 rings (SSSR count). The van der Waals surface area contributed by atoms with Crippen molar-refractivity contribution in [1.29, 1.82) is 0 Å². The second-order valence-electron chi connectivity index (χ2n) is 6.11. The number of phenols is 1. The number of amides is 2. The van der Waals surface area contributed by atoms with Crippen molar-refractivity contribution < 1.29 is 19.4 Å². The Morgan fingerprint density at radius 3 is 2.63 bits per heavy atom. The lowest BCUT2D eigenvalue weighted by atomic mass is 10.0. The maximum atomic E-state index is 13.1. The summed E-state index contributed by atoms with van der Waals surface area (Å²) in [6.07, 6.45) is 1.44. The topological polar surface area (TPSA) is 78.9 Å². The molecule has 1 aliphatic heterocycles. The predicted molar refractivity (Wildman–Crippen MR) is 107 cm³/mol. The van der Waals surface area contributed by atoms with Gasteiger partial charge in [-0.15, -0.1) is 0 Å². The Balaban J connectivity index is 2.06. The van der Waals surface area contributed by atoms with Crippen LogP contribution in [-0.4, -0.2) is 29.1 Å². The molecule has 0 aliphatic carbocycles. The molecule has 138 valence electrons. The zero-order valence-electron chi connectivity index (χ0n) is 15.1. The van der Waals surface area contributed by atoms with Crippen molar-refractivity contribution in [2.75, 3.05) is 12.0 Å². The molecule has 0 radical (unpaired) electrons. The zero-order valence-corrected chi connectivity index (χ0v) is 15.9. The lowest BCUT2D eigenvalue weighted by Crippen LogP contribution is -2.54. The van der Waals surface area contributed by atoms with Gasteiger partial charge in [0.1, 0.15) is 5.57 Å². The first-order valence-electron chi connectivity index (χ1n) is 8.18. The molecule has 2 N–H and O–H groups in total. The predicted octanol–water partition coefficient (Wildman–Crippen LogP) is 2.85. The van der Waals surface area contributed by atoms with Crippen LogP contribution in [0.25, 0.3) is 6.08 Å². The van der Waals surface area contributed by atoms with E-state index in [0.717, 1.165) is 11.1 Å². The fourth-order valence-electron chi connectivity index (χ4n) is 2.80. The van der Waals surface area contributed by atoms with Gasteiger partial charge in [0.2, 0.25) is 0 Å². The number of hydrogen-bond acceptors (Lipinski definition) is 5. The van der Waals surface area contributed by atoms with E-state index in [1.807, 2.05) is 26.0 Å². The van der Waals surface area contributed by atoms with Crippen LogP contribution in [0, 0.1) is 13.8 Å². The van der Waals surface area contributed by atoms with Crippen LogP contribution in [-0.2, 0) is 9.59 Å². The average Bonchev–Trinajstić information content (AvgIpc) is 2.63. The van der Waals surface area contributed by atoms with Gasteiger partial charge in [-0.05, 0) is 67.0 Å². The van der Waals surface area contributed by atoms with Crippen LogP contribution in [0.4, 0.5) is 5.69 Å². The van der Waals surface area contributed by atoms with E-state index >= 15 is 0 Å². The number of benzene rings is 2. The summed E-state index contributed by atoms with van der Waals surface area (Å²) in [5, 5.41) is 12.3. The molecule has 0 atom stereocenters. The van der Waals surface area contributed by atoms with Gasteiger partial charge in [-0.3, -0.25) is 19.8 Å². The minimum atomic E-state index is -0.571. The highest BCUT2D eigenvalue weighted by Crippen LogP contribution is 2.29. The molecule has 1 aliphatic rings. The van der Waals surface area contributed by atoms with Crippen molar-refractivity contribution in [2.24, 2.45) is 0 Å². The lowest BCUT2D eigenvalue weighted by molar-refractivity contribution is -0.122. The quantitative estimate of drug-likeness (QED) is 0.485. The largest absolute Gasteiger partial charge is 0.504 e. The standard InChI is InChI=1S/C20H18N2O4S/c1-11-5-4-6-15(12(11)2)22-19(25)14(18(24)21-20(22)27)9-13-7-8-16(23)17(10-13)26-3/h4-10,23H,1-3H3,(H,21,24,27)/b14-9+. The normalized spacial score (nSPS) is 15.9. The number of methoxy groups -OCH3 is 1. The minimum absolute atomic E-state index is 0.0303. The summed E-state index contributed by atoms with van der Waals surface area (Å²) in [6.45, 7) is 3.83. The van der Waals surface area contributed by atoms with Crippen molar-refractivity contribution >= 4 is 40.9 Å². The smallest absolute Gasteiger partial charge is 0.270 e. The van der Waals surface area contributed by atoms with Gasteiger partial charge in [-0.25, -0.2) is 0 Å². The van der Waals surface area contributed by atoms with E-state index in [9.17, 15) is 14.7 Å². The van der Waals surface area contributed by atoms with Crippen LogP contribution >= 0.6 is 12.2 Å². The Bertz CT molecular complexity index is 997. The minimum Gasteiger partial charge on any atom is -0.504 e. The van der Waals surface area contributed by atoms with Gasteiger partial charge in [0.05, 0.1) is 12.8 Å². The summed E-state index contributed by atoms with van der Waals surface area (Å²) in [4.78, 5) is 26.8. The summed E-state index contributed by atoms with van der Waals surface area (Å²) in [5.41, 5.74) is 3.01. The lowest BCUT2D eigenvalue weighted by Gasteiger charge is -2.30. The van der Waals surface area contributed by atoms with Crippen LogP contribution in [0.5, 0.6) is 11.5 Å². The number of anilines is 1. The van der Waals surface area contributed by atoms with E-state index in [4.69, 9.17) is 17.0 Å². The summed E-state index contributed by atoms with van der Waals surface area (Å²) in [6, 6.07) is 10.1. The molecule has 7 heteroatoms. The number of ether oxygens (including phenoxy) is 1. The third-order valence-electron chi connectivity index (χ3n) is 4.43. The number of hydrogen-bond donors (Lipinski definition) is 2. The van der Waals surface area contributed by atoms with E-state index in [1.165, 1.54) is 30.2 Å². The number of aryl methyl sites for hydroxylation is 1. The summed E-state index contributed by atoms with van der Waals surface area (Å²) < 4.78 is 5.07. The van der Waals surface area contributed by atoms with E-state index in [-0.39, 0.29) is 22.2 Å². The van der Waals surface area contributed by atoms with Crippen LogP contribution in [0.15, 0.2) is 42.0 Å². The number of thiocarbonyl (C=S) groups is 1. The fourth-order valence-corrected chi connectivity index (χ4v) is 3.08. The Kier molecular flexibility index (Phi) is 4.96. The van der Waals surface area contributed by atoms with Crippen LogP contribution in [0.3, 0.4) is 0 Å². The molecule has 2 aromatic carbocycles. The van der Waals surface area contributed by atoms with Gasteiger partial charge in [0.15, 0.2) is 16.6 Å². The van der Waals surface area contributed by atoms with Gasteiger partial charge in [-0.1, -0.05) is 18.2 Å². The van der Waals surface area contributed by atoms with Crippen molar-refractivity contribution in [3.63, 3.8) is 0 Å². The highest BCUT2D eigenvalue weighted by Gasteiger charge is 2.35. The summed E-state index contributed by atoms with van der Waals surface area (Å²) >= 11 is 5.23. The molecular weight excluding hydrogens is 364 g/mol. The molecule has 2 aromatic rings. The Labute approximate surface area is 162 Å². The number of rotatable bonds is 3. The number of nitrogens with zero attached hydrogens (tertiary/aromatic N) is 1. The SMILES string of the molecule is COc1cc(/C=C2\C(=O)NC(=S)N(c3cccc(C)c3C)C2=O)ccc1O. The molecule has 0 unspecified atom stereocenters. The maximum absolute atomic E-state index is 13.1. The highest BCUT2D eigenvalue weighted by atomic mass is 32.1. The maximum Gasteiger partial charge on any atom is 0.270 e. The first-order valence-corrected chi connectivity index (χ1v) is 8.59.